The minimum Gasteiger partial charge on any atom is -0.481 e. The van der Waals surface area contributed by atoms with Crippen molar-refractivity contribution in [2.24, 2.45) is 0 Å². The summed E-state index contributed by atoms with van der Waals surface area (Å²) >= 11 is 0. The van der Waals surface area contributed by atoms with E-state index in [4.69, 9.17) is 18.9 Å². The molecule has 1 heterocycles. The molecule has 0 amide bonds. The highest BCUT2D eigenvalue weighted by Gasteiger charge is 2.41. The van der Waals surface area contributed by atoms with Crippen LogP contribution < -0.4 is 4.74 Å². The first-order chi connectivity index (χ1) is 13.2. The first-order valence-corrected chi connectivity index (χ1v) is 8.78. The lowest BCUT2D eigenvalue weighted by atomic mass is 9.98. The number of ether oxygens (including phenoxy) is 4. The van der Waals surface area contributed by atoms with Gasteiger partial charge in [-0.15, -0.1) is 0 Å². The van der Waals surface area contributed by atoms with Crippen LogP contribution in [0.5, 0.6) is 5.75 Å². The molecule has 2 rings (SSSR count). The fourth-order valence-electron chi connectivity index (χ4n) is 2.76. The number of carbonyl (C=O) groups is 3. The highest BCUT2D eigenvalue weighted by molar-refractivity contribution is 5.89. The number of benzene rings is 1. The molecule has 0 unspecified atom stereocenters. The van der Waals surface area contributed by atoms with Crippen LogP contribution in [0.2, 0.25) is 0 Å². The molecule has 0 aliphatic carbocycles. The summed E-state index contributed by atoms with van der Waals surface area (Å²) in [5, 5.41) is 0. The van der Waals surface area contributed by atoms with Crippen molar-refractivity contribution in [3.8, 4) is 5.75 Å². The Kier molecular flexibility index (Phi) is 6.62. The van der Waals surface area contributed by atoms with Gasteiger partial charge in [-0.3, -0.25) is 4.79 Å². The van der Waals surface area contributed by atoms with Gasteiger partial charge in [-0.05, 0) is 38.5 Å². The average Bonchev–Trinajstić information content (AvgIpc) is 3.02. The molecule has 1 aliphatic rings. The Morgan fingerprint density at radius 1 is 1.21 bits per heavy atom. The van der Waals surface area contributed by atoms with Gasteiger partial charge in [-0.25, -0.2) is 9.59 Å². The number of methoxy groups -OCH3 is 1. The molecule has 1 aromatic rings. The standard InChI is InChI=1S/C21H24O7/c1-7-11(2)20(23)26-13(4)15-8-9-17-16(10-15)19(27-14(5)22)18(28-17)12(3)21(24)25-6/h7-10,13,18-19H,3H2,1-2,4-6H3/b11-7+/t13-,18-,19-/m0/s1. The predicted molar refractivity (Wildman–Crippen MR) is 100 cm³/mol. The second kappa shape index (κ2) is 8.73. The van der Waals surface area contributed by atoms with Crippen LogP contribution in [-0.2, 0) is 28.6 Å². The summed E-state index contributed by atoms with van der Waals surface area (Å²) in [6.07, 6.45) is -0.622. The molecule has 0 N–H and O–H groups in total. The van der Waals surface area contributed by atoms with E-state index in [1.165, 1.54) is 14.0 Å². The van der Waals surface area contributed by atoms with E-state index in [-0.39, 0.29) is 5.57 Å². The summed E-state index contributed by atoms with van der Waals surface area (Å²) in [7, 11) is 1.23. The highest BCUT2D eigenvalue weighted by atomic mass is 16.6. The molecular formula is C21H24O7. The van der Waals surface area contributed by atoms with E-state index in [0.29, 0.717) is 22.4 Å². The fourth-order valence-corrected chi connectivity index (χ4v) is 2.76. The molecule has 3 atom stereocenters. The Morgan fingerprint density at radius 2 is 1.89 bits per heavy atom. The molecule has 28 heavy (non-hydrogen) atoms. The van der Waals surface area contributed by atoms with E-state index >= 15 is 0 Å². The normalized spacial score (nSPS) is 19.1. The van der Waals surface area contributed by atoms with Gasteiger partial charge in [0.05, 0.1) is 12.7 Å². The molecule has 0 bridgehead atoms. The van der Waals surface area contributed by atoms with Gasteiger partial charge in [0, 0.05) is 18.1 Å². The first-order valence-electron chi connectivity index (χ1n) is 8.78. The van der Waals surface area contributed by atoms with Crippen LogP contribution in [0.15, 0.2) is 42.0 Å². The van der Waals surface area contributed by atoms with Crippen LogP contribution in [0.1, 0.15) is 51.0 Å². The summed E-state index contributed by atoms with van der Waals surface area (Å²) in [5.41, 5.74) is 1.80. The van der Waals surface area contributed by atoms with Gasteiger partial charge in [0.15, 0.2) is 12.2 Å². The van der Waals surface area contributed by atoms with Gasteiger partial charge >= 0.3 is 17.9 Å². The minimum absolute atomic E-state index is 0.0367. The molecular weight excluding hydrogens is 364 g/mol. The maximum atomic E-state index is 12.0. The molecule has 0 aromatic heterocycles. The molecule has 7 nitrogen and oxygen atoms in total. The number of hydrogen-bond acceptors (Lipinski definition) is 7. The average molecular weight is 388 g/mol. The molecule has 1 aliphatic heterocycles. The topological polar surface area (TPSA) is 88.1 Å². The van der Waals surface area contributed by atoms with Crippen LogP contribution in [-0.4, -0.2) is 31.1 Å². The maximum absolute atomic E-state index is 12.0. The van der Waals surface area contributed by atoms with E-state index in [1.54, 1.807) is 45.0 Å². The number of fused-ring (bicyclic) bond motifs is 1. The summed E-state index contributed by atoms with van der Waals surface area (Å²) in [6.45, 7) is 10.1. The summed E-state index contributed by atoms with van der Waals surface area (Å²) in [6, 6.07) is 5.16. The Balaban J connectivity index is 2.33. The smallest absolute Gasteiger partial charge is 0.337 e. The molecule has 7 heteroatoms. The van der Waals surface area contributed by atoms with Crippen molar-refractivity contribution in [3.05, 3.63) is 53.1 Å². The fraction of sp³-hybridized carbons (Fsp3) is 0.381. The molecule has 0 spiro atoms. The van der Waals surface area contributed by atoms with Crippen LogP contribution in [0.4, 0.5) is 0 Å². The van der Waals surface area contributed by atoms with E-state index in [1.807, 2.05) is 0 Å². The second-order valence-electron chi connectivity index (χ2n) is 6.40. The third-order valence-corrected chi connectivity index (χ3v) is 4.46. The van der Waals surface area contributed by atoms with Crippen molar-refractivity contribution in [2.45, 2.75) is 46.0 Å². The zero-order chi connectivity index (χ0) is 21.0. The van der Waals surface area contributed by atoms with Crippen LogP contribution >= 0.6 is 0 Å². The third-order valence-electron chi connectivity index (χ3n) is 4.46. The number of carbonyl (C=O) groups excluding carboxylic acids is 3. The number of esters is 3. The van der Waals surface area contributed by atoms with E-state index in [0.717, 1.165) is 0 Å². The Hall–Kier alpha value is -3.09. The zero-order valence-corrected chi connectivity index (χ0v) is 16.6. The quantitative estimate of drug-likeness (QED) is 0.419. The molecule has 0 saturated heterocycles. The molecule has 0 radical (unpaired) electrons. The molecule has 1 aromatic carbocycles. The van der Waals surface area contributed by atoms with Crippen LogP contribution in [0, 0.1) is 0 Å². The predicted octanol–water partition coefficient (Wildman–Crippen LogP) is 3.35. The lowest BCUT2D eigenvalue weighted by Crippen LogP contribution is -2.28. The van der Waals surface area contributed by atoms with Crippen molar-refractivity contribution in [2.75, 3.05) is 7.11 Å². The Morgan fingerprint density at radius 3 is 2.46 bits per heavy atom. The molecule has 150 valence electrons. The Bertz CT molecular complexity index is 837. The largest absolute Gasteiger partial charge is 0.481 e. The van der Waals surface area contributed by atoms with Crippen molar-refractivity contribution in [1.82, 2.24) is 0 Å². The van der Waals surface area contributed by atoms with Gasteiger partial charge in [-0.1, -0.05) is 18.7 Å². The molecule has 0 saturated carbocycles. The molecule has 0 fully saturated rings. The summed E-state index contributed by atoms with van der Waals surface area (Å²) in [4.78, 5) is 35.5. The number of rotatable bonds is 6. The number of allylic oxidation sites excluding steroid dienone is 1. The highest BCUT2D eigenvalue weighted by Crippen LogP contribution is 2.43. The third kappa shape index (κ3) is 4.42. The lowest BCUT2D eigenvalue weighted by molar-refractivity contribution is -0.150. The van der Waals surface area contributed by atoms with Crippen molar-refractivity contribution < 1.29 is 33.3 Å². The van der Waals surface area contributed by atoms with Crippen molar-refractivity contribution in [1.29, 1.82) is 0 Å². The SMILES string of the molecule is C=C(C(=O)OC)[C@@H]1Oc2ccc([C@H](C)OC(=O)/C(C)=C/C)cc2[C@@H]1OC(C)=O. The van der Waals surface area contributed by atoms with Crippen LogP contribution in [0.3, 0.4) is 0 Å². The van der Waals surface area contributed by atoms with E-state index in [9.17, 15) is 14.4 Å². The lowest BCUT2D eigenvalue weighted by Gasteiger charge is -2.20. The van der Waals surface area contributed by atoms with Crippen molar-refractivity contribution in [3.63, 3.8) is 0 Å². The minimum atomic E-state index is -0.898. The van der Waals surface area contributed by atoms with Gasteiger partial charge in [-0.2, -0.15) is 0 Å². The van der Waals surface area contributed by atoms with Gasteiger partial charge in [0.1, 0.15) is 11.9 Å². The van der Waals surface area contributed by atoms with Gasteiger partial charge < -0.3 is 18.9 Å². The maximum Gasteiger partial charge on any atom is 0.337 e. The first kappa shape index (κ1) is 21.2. The second-order valence-corrected chi connectivity index (χ2v) is 6.40. The van der Waals surface area contributed by atoms with Crippen molar-refractivity contribution >= 4 is 17.9 Å². The monoisotopic (exact) mass is 388 g/mol. The summed E-state index contributed by atoms with van der Waals surface area (Å²) < 4.78 is 21.3. The zero-order valence-electron chi connectivity index (χ0n) is 16.6. The number of hydrogen-bond donors (Lipinski definition) is 0. The van der Waals surface area contributed by atoms with E-state index < -0.39 is 36.2 Å². The van der Waals surface area contributed by atoms with Gasteiger partial charge in [0.25, 0.3) is 0 Å². The van der Waals surface area contributed by atoms with E-state index in [2.05, 4.69) is 6.58 Å². The van der Waals surface area contributed by atoms with Gasteiger partial charge in [0.2, 0.25) is 0 Å². The Labute approximate surface area is 163 Å². The van der Waals surface area contributed by atoms with Crippen LogP contribution in [0.25, 0.3) is 0 Å². The summed E-state index contributed by atoms with van der Waals surface area (Å²) in [5.74, 6) is -1.15.